The minimum atomic E-state index is 0.515. The molecular formula is C11H11ClN2S. The Bertz CT molecular complexity index is 440. The van der Waals surface area contributed by atoms with Crippen LogP contribution in [0.2, 0.25) is 5.02 Å². The summed E-state index contributed by atoms with van der Waals surface area (Å²) >= 11 is 7.57. The van der Waals surface area contributed by atoms with Gasteiger partial charge in [-0.1, -0.05) is 17.7 Å². The normalized spacial score (nSPS) is 10.5. The fraction of sp³-hybridized carbons (Fsp3) is 0.182. The lowest BCUT2D eigenvalue weighted by Gasteiger charge is -2.06. The van der Waals surface area contributed by atoms with Gasteiger partial charge in [0.1, 0.15) is 0 Å². The highest BCUT2D eigenvalue weighted by molar-refractivity contribution is 7.09. The quantitative estimate of drug-likeness (QED) is 0.893. The van der Waals surface area contributed by atoms with Crippen LogP contribution in [-0.2, 0) is 13.0 Å². The van der Waals surface area contributed by atoms with Crippen LogP contribution in [0.3, 0.4) is 0 Å². The number of aromatic nitrogens is 1. The standard InChI is InChI=1S/C11H11ClN2S/c12-10-2-1-8(9(5-10)7-13)6-11-14-3-4-15-11/h1-5H,6-7,13H2. The SMILES string of the molecule is NCc1cc(Cl)ccc1Cc1nccs1. The Kier molecular flexibility index (Phi) is 3.36. The zero-order chi connectivity index (χ0) is 10.7. The van der Waals surface area contributed by atoms with E-state index in [1.165, 1.54) is 5.56 Å². The van der Waals surface area contributed by atoms with Gasteiger partial charge in [-0.15, -0.1) is 11.3 Å². The van der Waals surface area contributed by atoms with Crippen molar-refractivity contribution in [3.63, 3.8) is 0 Å². The Labute approximate surface area is 97.7 Å². The molecule has 2 nitrogen and oxygen atoms in total. The van der Waals surface area contributed by atoms with E-state index in [1.807, 2.05) is 29.8 Å². The molecule has 0 atom stereocenters. The van der Waals surface area contributed by atoms with Crippen LogP contribution in [-0.4, -0.2) is 4.98 Å². The summed E-state index contributed by atoms with van der Waals surface area (Å²) < 4.78 is 0. The Morgan fingerprint density at radius 3 is 2.87 bits per heavy atom. The molecule has 0 amide bonds. The van der Waals surface area contributed by atoms with Crippen molar-refractivity contribution in [1.82, 2.24) is 4.98 Å². The number of thiazole rings is 1. The first-order valence-electron chi connectivity index (χ1n) is 4.65. The predicted octanol–water partition coefficient (Wildman–Crippen LogP) is 2.85. The number of rotatable bonds is 3. The molecule has 2 aromatic rings. The second-order valence-electron chi connectivity index (χ2n) is 3.22. The molecule has 1 aromatic carbocycles. The average Bonchev–Trinajstić information content (AvgIpc) is 2.73. The molecule has 1 heterocycles. The van der Waals surface area contributed by atoms with Crippen molar-refractivity contribution >= 4 is 22.9 Å². The molecule has 1 aromatic heterocycles. The fourth-order valence-corrected chi connectivity index (χ4v) is 2.29. The van der Waals surface area contributed by atoms with Crippen molar-refractivity contribution in [2.75, 3.05) is 0 Å². The highest BCUT2D eigenvalue weighted by atomic mass is 35.5. The molecule has 0 bridgehead atoms. The van der Waals surface area contributed by atoms with Crippen LogP contribution in [0.25, 0.3) is 0 Å². The van der Waals surface area contributed by atoms with E-state index in [-0.39, 0.29) is 0 Å². The van der Waals surface area contributed by atoms with Crippen LogP contribution in [0.1, 0.15) is 16.1 Å². The third-order valence-corrected chi connectivity index (χ3v) is 3.23. The number of benzene rings is 1. The predicted molar refractivity (Wildman–Crippen MR) is 64.3 cm³/mol. The summed E-state index contributed by atoms with van der Waals surface area (Å²) in [4.78, 5) is 4.25. The zero-order valence-electron chi connectivity index (χ0n) is 8.11. The molecule has 0 aliphatic rings. The molecule has 0 aliphatic heterocycles. The van der Waals surface area contributed by atoms with Gasteiger partial charge >= 0.3 is 0 Å². The van der Waals surface area contributed by atoms with E-state index < -0.39 is 0 Å². The average molecular weight is 239 g/mol. The Morgan fingerprint density at radius 2 is 2.20 bits per heavy atom. The summed E-state index contributed by atoms with van der Waals surface area (Å²) in [5.41, 5.74) is 7.97. The van der Waals surface area contributed by atoms with Crippen LogP contribution < -0.4 is 5.73 Å². The first-order chi connectivity index (χ1) is 7.29. The lowest BCUT2D eigenvalue weighted by molar-refractivity contribution is 1.01. The van der Waals surface area contributed by atoms with Gasteiger partial charge in [-0.2, -0.15) is 0 Å². The van der Waals surface area contributed by atoms with Crippen molar-refractivity contribution in [3.8, 4) is 0 Å². The number of hydrogen-bond donors (Lipinski definition) is 1. The summed E-state index contributed by atoms with van der Waals surface area (Å²) in [6.45, 7) is 0.515. The highest BCUT2D eigenvalue weighted by Crippen LogP contribution is 2.19. The van der Waals surface area contributed by atoms with Gasteiger partial charge in [-0.3, -0.25) is 0 Å². The molecule has 0 unspecified atom stereocenters. The topological polar surface area (TPSA) is 38.9 Å². The van der Waals surface area contributed by atoms with Gasteiger partial charge < -0.3 is 5.73 Å². The van der Waals surface area contributed by atoms with E-state index in [1.54, 1.807) is 11.3 Å². The third-order valence-electron chi connectivity index (χ3n) is 2.21. The molecule has 0 spiro atoms. The highest BCUT2D eigenvalue weighted by Gasteiger charge is 2.04. The molecule has 78 valence electrons. The van der Waals surface area contributed by atoms with E-state index >= 15 is 0 Å². The Morgan fingerprint density at radius 1 is 1.33 bits per heavy atom. The molecule has 0 saturated carbocycles. The van der Waals surface area contributed by atoms with Gasteiger partial charge in [0, 0.05) is 29.6 Å². The maximum atomic E-state index is 5.91. The maximum absolute atomic E-state index is 5.91. The van der Waals surface area contributed by atoms with E-state index in [2.05, 4.69) is 4.98 Å². The molecule has 4 heteroatoms. The van der Waals surface area contributed by atoms with Gasteiger partial charge in [0.05, 0.1) is 5.01 Å². The van der Waals surface area contributed by atoms with Crippen molar-refractivity contribution < 1.29 is 0 Å². The smallest absolute Gasteiger partial charge is 0.0968 e. The van der Waals surface area contributed by atoms with Gasteiger partial charge in [0.25, 0.3) is 0 Å². The second kappa shape index (κ2) is 4.75. The maximum Gasteiger partial charge on any atom is 0.0968 e. The second-order valence-corrected chi connectivity index (χ2v) is 4.64. The van der Waals surface area contributed by atoms with Gasteiger partial charge in [-0.05, 0) is 23.3 Å². The molecular weight excluding hydrogens is 228 g/mol. The molecule has 2 N–H and O–H groups in total. The fourth-order valence-electron chi connectivity index (χ4n) is 1.46. The zero-order valence-corrected chi connectivity index (χ0v) is 9.68. The lowest BCUT2D eigenvalue weighted by Crippen LogP contribution is -2.02. The van der Waals surface area contributed by atoms with Gasteiger partial charge in [0.15, 0.2) is 0 Å². The molecule has 15 heavy (non-hydrogen) atoms. The van der Waals surface area contributed by atoms with Crippen molar-refractivity contribution in [3.05, 3.63) is 50.9 Å². The first-order valence-corrected chi connectivity index (χ1v) is 5.91. The van der Waals surface area contributed by atoms with E-state index in [9.17, 15) is 0 Å². The minimum Gasteiger partial charge on any atom is -0.326 e. The first kappa shape index (κ1) is 10.6. The summed E-state index contributed by atoms with van der Waals surface area (Å²) in [6, 6.07) is 5.83. The molecule has 2 rings (SSSR count). The van der Waals surface area contributed by atoms with Crippen LogP contribution >= 0.6 is 22.9 Å². The van der Waals surface area contributed by atoms with Crippen LogP contribution in [0.4, 0.5) is 0 Å². The van der Waals surface area contributed by atoms with Gasteiger partial charge in [0.2, 0.25) is 0 Å². The Hall–Kier alpha value is -0.900. The summed E-state index contributed by atoms with van der Waals surface area (Å²) in [7, 11) is 0. The summed E-state index contributed by atoms with van der Waals surface area (Å²) in [6.07, 6.45) is 2.65. The van der Waals surface area contributed by atoms with Crippen molar-refractivity contribution in [1.29, 1.82) is 0 Å². The largest absolute Gasteiger partial charge is 0.326 e. The minimum absolute atomic E-state index is 0.515. The number of halogens is 1. The Balaban J connectivity index is 2.28. The molecule has 0 radical (unpaired) electrons. The molecule has 0 saturated heterocycles. The van der Waals surface area contributed by atoms with Crippen LogP contribution in [0.5, 0.6) is 0 Å². The van der Waals surface area contributed by atoms with E-state index in [0.29, 0.717) is 6.54 Å². The number of nitrogens with two attached hydrogens (primary N) is 1. The monoisotopic (exact) mass is 238 g/mol. The van der Waals surface area contributed by atoms with Crippen LogP contribution in [0, 0.1) is 0 Å². The van der Waals surface area contributed by atoms with E-state index in [4.69, 9.17) is 17.3 Å². The van der Waals surface area contributed by atoms with Crippen molar-refractivity contribution in [2.45, 2.75) is 13.0 Å². The third kappa shape index (κ3) is 2.56. The van der Waals surface area contributed by atoms with E-state index in [0.717, 1.165) is 22.0 Å². The summed E-state index contributed by atoms with van der Waals surface area (Å²) in [5, 5.41) is 3.82. The number of nitrogens with zero attached hydrogens (tertiary/aromatic N) is 1. The van der Waals surface area contributed by atoms with Gasteiger partial charge in [-0.25, -0.2) is 4.98 Å². The molecule has 0 aliphatic carbocycles. The van der Waals surface area contributed by atoms with Crippen molar-refractivity contribution in [2.24, 2.45) is 5.73 Å². The molecule has 0 fully saturated rings. The number of hydrogen-bond acceptors (Lipinski definition) is 3. The summed E-state index contributed by atoms with van der Waals surface area (Å²) in [5.74, 6) is 0. The lowest BCUT2D eigenvalue weighted by atomic mass is 10.1. The van der Waals surface area contributed by atoms with Crippen LogP contribution in [0.15, 0.2) is 29.8 Å².